The van der Waals surface area contributed by atoms with Crippen LogP contribution < -0.4 is 5.32 Å². The SMILES string of the molecule is O=C(Nc1ccc(Cl)c2nonc12)c1ccccc1. The molecule has 0 aliphatic rings. The zero-order valence-corrected chi connectivity index (χ0v) is 10.4. The molecule has 0 atom stereocenters. The monoisotopic (exact) mass is 273 g/mol. The summed E-state index contributed by atoms with van der Waals surface area (Å²) in [4.78, 5) is 12.0. The molecule has 3 rings (SSSR count). The van der Waals surface area contributed by atoms with Gasteiger partial charge in [0, 0.05) is 5.56 Å². The fraction of sp³-hybridized carbons (Fsp3) is 0. The van der Waals surface area contributed by atoms with Crippen LogP contribution in [0.2, 0.25) is 5.02 Å². The predicted molar refractivity (Wildman–Crippen MR) is 71.2 cm³/mol. The zero-order chi connectivity index (χ0) is 13.2. The van der Waals surface area contributed by atoms with Gasteiger partial charge in [-0.15, -0.1) is 0 Å². The number of rotatable bonds is 2. The Morgan fingerprint density at radius 3 is 2.58 bits per heavy atom. The van der Waals surface area contributed by atoms with E-state index in [1.165, 1.54) is 0 Å². The molecule has 5 nitrogen and oxygen atoms in total. The van der Waals surface area contributed by atoms with Gasteiger partial charge in [-0.05, 0) is 34.6 Å². The van der Waals surface area contributed by atoms with Crippen molar-refractivity contribution in [3.63, 3.8) is 0 Å². The Hall–Kier alpha value is -2.40. The van der Waals surface area contributed by atoms with Crippen LogP contribution >= 0.6 is 11.6 Å². The van der Waals surface area contributed by atoms with Gasteiger partial charge in [0.15, 0.2) is 11.0 Å². The second-order valence-corrected chi connectivity index (χ2v) is 4.28. The smallest absolute Gasteiger partial charge is 0.255 e. The van der Waals surface area contributed by atoms with Crippen LogP contribution in [0.4, 0.5) is 5.69 Å². The van der Waals surface area contributed by atoms with Gasteiger partial charge >= 0.3 is 0 Å². The van der Waals surface area contributed by atoms with Crippen molar-refractivity contribution in [3.05, 3.63) is 53.1 Å². The molecule has 0 unspecified atom stereocenters. The van der Waals surface area contributed by atoms with Crippen LogP contribution in [0.5, 0.6) is 0 Å². The summed E-state index contributed by atoms with van der Waals surface area (Å²) in [5.74, 6) is -0.229. The molecule has 2 aromatic carbocycles. The predicted octanol–water partition coefficient (Wildman–Crippen LogP) is 3.13. The lowest BCUT2D eigenvalue weighted by molar-refractivity contribution is 0.102. The molecule has 0 saturated heterocycles. The van der Waals surface area contributed by atoms with Gasteiger partial charge in [0.2, 0.25) is 0 Å². The topological polar surface area (TPSA) is 68.0 Å². The van der Waals surface area contributed by atoms with Crippen LogP contribution in [-0.2, 0) is 0 Å². The number of nitrogens with zero attached hydrogens (tertiary/aromatic N) is 2. The third kappa shape index (κ3) is 2.15. The molecular weight excluding hydrogens is 266 g/mol. The number of hydrogen-bond acceptors (Lipinski definition) is 4. The van der Waals surface area contributed by atoms with Crippen molar-refractivity contribution < 1.29 is 9.42 Å². The van der Waals surface area contributed by atoms with Crippen LogP contribution in [0.25, 0.3) is 11.0 Å². The van der Waals surface area contributed by atoms with E-state index in [1.54, 1.807) is 36.4 Å². The Kier molecular flexibility index (Phi) is 2.89. The van der Waals surface area contributed by atoms with Gasteiger partial charge in [-0.1, -0.05) is 29.8 Å². The van der Waals surface area contributed by atoms with Gasteiger partial charge in [0.25, 0.3) is 5.91 Å². The molecule has 0 aliphatic heterocycles. The normalized spacial score (nSPS) is 10.6. The maximum Gasteiger partial charge on any atom is 0.255 e. The number of amides is 1. The van der Waals surface area contributed by atoms with Crippen LogP contribution in [0, 0.1) is 0 Å². The average molecular weight is 274 g/mol. The largest absolute Gasteiger partial charge is 0.320 e. The molecule has 0 fully saturated rings. The fourth-order valence-corrected chi connectivity index (χ4v) is 1.91. The molecule has 1 aromatic heterocycles. The maximum atomic E-state index is 12.0. The van der Waals surface area contributed by atoms with Gasteiger partial charge in [0.1, 0.15) is 0 Å². The first-order valence-corrected chi connectivity index (χ1v) is 5.90. The number of carbonyl (C=O) groups excluding carboxylic acids is 1. The Balaban J connectivity index is 1.96. The minimum atomic E-state index is -0.229. The molecule has 0 aliphatic carbocycles. The first-order valence-electron chi connectivity index (χ1n) is 5.53. The number of fused-ring (bicyclic) bond motifs is 1. The number of hydrogen-bond donors (Lipinski definition) is 1. The summed E-state index contributed by atoms with van der Waals surface area (Å²) < 4.78 is 4.64. The number of anilines is 1. The molecule has 3 aromatic rings. The Labute approximate surface area is 113 Å². The molecule has 6 heteroatoms. The number of halogens is 1. The molecule has 0 spiro atoms. The van der Waals surface area contributed by atoms with Gasteiger partial charge < -0.3 is 5.32 Å². The Morgan fingerprint density at radius 2 is 1.79 bits per heavy atom. The van der Waals surface area contributed by atoms with E-state index in [4.69, 9.17) is 11.6 Å². The zero-order valence-electron chi connectivity index (χ0n) is 9.63. The highest BCUT2D eigenvalue weighted by Crippen LogP contribution is 2.27. The first kappa shape index (κ1) is 11.7. The molecule has 1 amide bonds. The lowest BCUT2D eigenvalue weighted by Crippen LogP contribution is -2.11. The van der Waals surface area contributed by atoms with Crippen LogP contribution in [-0.4, -0.2) is 16.2 Å². The van der Waals surface area contributed by atoms with Crippen LogP contribution in [0.3, 0.4) is 0 Å². The van der Waals surface area contributed by atoms with Crippen molar-refractivity contribution in [2.75, 3.05) is 5.32 Å². The molecule has 94 valence electrons. The van der Waals surface area contributed by atoms with E-state index in [1.807, 2.05) is 6.07 Å². The minimum absolute atomic E-state index is 0.229. The lowest BCUT2D eigenvalue weighted by Gasteiger charge is -2.05. The van der Waals surface area contributed by atoms with Gasteiger partial charge in [-0.2, -0.15) is 0 Å². The van der Waals surface area contributed by atoms with E-state index in [0.29, 0.717) is 27.3 Å². The summed E-state index contributed by atoms with van der Waals surface area (Å²) in [5.41, 5.74) is 1.92. The molecule has 19 heavy (non-hydrogen) atoms. The minimum Gasteiger partial charge on any atom is -0.320 e. The number of aromatic nitrogens is 2. The molecule has 0 radical (unpaired) electrons. The standard InChI is InChI=1S/C13H8ClN3O2/c14-9-6-7-10(12-11(9)16-19-17-12)15-13(18)8-4-2-1-3-5-8/h1-7H,(H,15,18). The third-order valence-corrected chi connectivity index (χ3v) is 2.96. The second-order valence-electron chi connectivity index (χ2n) is 3.88. The van der Waals surface area contributed by atoms with Crippen molar-refractivity contribution in [2.45, 2.75) is 0 Å². The average Bonchev–Trinajstić information content (AvgIpc) is 2.93. The number of benzene rings is 2. The summed E-state index contributed by atoms with van der Waals surface area (Å²) in [6.45, 7) is 0. The summed E-state index contributed by atoms with van der Waals surface area (Å²) >= 11 is 5.95. The van der Waals surface area contributed by atoms with E-state index in [0.717, 1.165) is 0 Å². The highest BCUT2D eigenvalue weighted by molar-refractivity contribution is 6.35. The van der Waals surface area contributed by atoms with Crippen LogP contribution in [0.15, 0.2) is 47.1 Å². The van der Waals surface area contributed by atoms with Crippen molar-refractivity contribution in [3.8, 4) is 0 Å². The van der Waals surface area contributed by atoms with E-state index < -0.39 is 0 Å². The molecule has 1 N–H and O–H groups in total. The molecule has 0 bridgehead atoms. The molecular formula is C13H8ClN3O2. The Bertz CT molecular complexity index is 740. The maximum absolute atomic E-state index is 12.0. The number of carbonyl (C=O) groups is 1. The van der Waals surface area contributed by atoms with Gasteiger partial charge in [-0.25, -0.2) is 4.63 Å². The Morgan fingerprint density at radius 1 is 1.05 bits per heavy atom. The van der Waals surface area contributed by atoms with E-state index in [-0.39, 0.29) is 5.91 Å². The van der Waals surface area contributed by atoms with Crippen molar-refractivity contribution in [1.82, 2.24) is 10.3 Å². The summed E-state index contributed by atoms with van der Waals surface area (Å²) in [7, 11) is 0. The number of nitrogens with one attached hydrogen (secondary N) is 1. The summed E-state index contributed by atoms with van der Waals surface area (Å²) in [6.07, 6.45) is 0. The van der Waals surface area contributed by atoms with Crippen molar-refractivity contribution >= 4 is 34.2 Å². The quantitative estimate of drug-likeness (QED) is 0.779. The molecule has 0 saturated carbocycles. The van der Waals surface area contributed by atoms with Crippen LogP contribution in [0.1, 0.15) is 10.4 Å². The lowest BCUT2D eigenvalue weighted by atomic mass is 10.2. The van der Waals surface area contributed by atoms with Gasteiger partial charge in [0.05, 0.1) is 10.7 Å². The third-order valence-electron chi connectivity index (χ3n) is 2.65. The van der Waals surface area contributed by atoms with Gasteiger partial charge in [-0.3, -0.25) is 4.79 Å². The van der Waals surface area contributed by atoms with E-state index >= 15 is 0 Å². The fourth-order valence-electron chi connectivity index (χ4n) is 1.72. The summed E-state index contributed by atoms with van der Waals surface area (Å²) in [5, 5.41) is 10.6. The van der Waals surface area contributed by atoms with E-state index in [2.05, 4.69) is 20.3 Å². The van der Waals surface area contributed by atoms with Crippen molar-refractivity contribution in [2.24, 2.45) is 0 Å². The highest BCUT2D eigenvalue weighted by atomic mass is 35.5. The highest BCUT2D eigenvalue weighted by Gasteiger charge is 2.13. The second kappa shape index (κ2) is 4.70. The molecule has 1 heterocycles. The first-order chi connectivity index (χ1) is 9.25. The van der Waals surface area contributed by atoms with Crippen molar-refractivity contribution in [1.29, 1.82) is 0 Å². The summed E-state index contributed by atoms with van der Waals surface area (Å²) in [6, 6.07) is 12.2. The van der Waals surface area contributed by atoms with E-state index in [9.17, 15) is 4.79 Å².